The molecule has 0 aliphatic rings. The minimum Gasteiger partial charge on any atom is -0.379 e. The van der Waals surface area contributed by atoms with E-state index >= 15 is 0 Å². The van der Waals surface area contributed by atoms with Gasteiger partial charge in [-0.2, -0.15) is 10.3 Å². The Bertz CT molecular complexity index is 1640. The Balaban J connectivity index is 2.14. The fraction of sp³-hybridized carbons (Fsp3) is 0.296. The normalized spacial score (nSPS) is 12.8. The van der Waals surface area contributed by atoms with Crippen LogP contribution in [-0.2, 0) is 16.1 Å². The number of allylic oxidation sites excluding steroid dienone is 3. The summed E-state index contributed by atoms with van der Waals surface area (Å²) in [5, 5.41) is 21.2. The molecule has 0 fully saturated rings. The molecule has 0 N–H and O–H groups in total. The second-order valence-corrected chi connectivity index (χ2v) is 8.64. The van der Waals surface area contributed by atoms with Crippen LogP contribution in [0.5, 0.6) is 0 Å². The molecule has 3 rings (SSSR count). The lowest BCUT2D eigenvalue weighted by atomic mass is 10.2. The SMILES string of the molecule is C=C/C(=C(C)\C=C/CC(=O)N=c1c(C#N)cc2c(=O)n3ccccc3nc2n1CCCOC(C)C)[N+](=O)[O-]. The summed E-state index contributed by atoms with van der Waals surface area (Å²) < 4.78 is 8.63. The predicted octanol–water partition coefficient (Wildman–Crippen LogP) is 3.45. The maximum Gasteiger partial charge on any atom is 0.271 e. The van der Waals surface area contributed by atoms with Crippen LogP contribution in [0.3, 0.4) is 0 Å². The van der Waals surface area contributed by atoms with Gasteiger partial charge in [-0.15, -0.1) is 0 Å². The van der Waals surface area contributed by atoms with E-state index < -0.39 is 10.8 Å². The van der Waals surface area contributed by atoms with E-state index in [1.54, 1.807) is 29.0 Å². The number of nitrogens with zero attached hydrogens (tertiary/aromatic N) is 6. The first-order valence-electron chi connectivity index (χ1n) is 12.0. The van der Waals surface area contributed by atoms with E-state index in [2.05, 4.69) is 16.6 Å². The number of carbonyl (C=O) groups excluding carboxylic acids is 1. The van der Waals surface area contributed by atoms with Crippen LogP contribution in [0, 0.1) is 21.4 Å². The Morgan fingerprint density at radius 3 is 2.82 bits per heavy atom. The highest BCUT2D eigenvalue weighted by molar-refractivity contribution is 5.80. The molecule has 0 aliphatic carbocycles. The van der Waals surface area contributed by atoms with Gasteiger partial charge >= 0.3 is 0 Å². The third-order valence-electron chi connectivity index (χ3n) is 5.57. The molecule has 0 unspecified atom stereocenters. The summed E-state index contributed by atoms with van der Waals surface area (Å²) in [6.07, 6.45) is 6.02. The highest BCUT2D eigenvalue weighted by Gasteiger charge is 2.15. The summed E-state index contributed by atoms with van der Waals surface area (Å²) in [4.78, 5) is 45.3. The van der Waals surface area contributed by atoms with Crippen molar-refractivity contribution in [2.45, 2.75) is 46.3 Å². The van der Waals surface area contributed by atoms with Crippen LogP contribution in [0.2, 0.25) is 0 Å². The van der Waals surface area contributed by atoms with Crippen molar-refractivity contribution in [3.8, 4) is 6.07 Å². The fourth-order valence-electron chi connectivity index (χ4n) is 3.80. The lowest BCUT2D eigenvalue weighted by molar-refractivity contribution is -0.419. The van der Waals surface area contributed by atoms with Crippen LogP contribution >= 0.6 is 0 Å². The van der Waals surface area contributed by atoms with Gasteiger partial charge in [-0.05, 0) is 45.4 Å². The second kappa shape index (κ2) is 12.5. The number of carbonyl (C=O) groups is 1. The van der Waals surface area contributed by atoms with Crippen molar-refractivity contribution < 1.29 is 14.5 Å². The van der Waals surface area contributed by atoms with Crippen LogP contribution in [0.4, 0.5) is 0 Å². The van der Waals surface area contributed by atoms with Crippen LogP contribution in [-0.4, -0.2) is 37.5 Å². The first kappa shape index (κ1) is 27.9. The zero-order valence-electron chi connectivity index (χ0n) is 21.5. The third-order valence-corrected chi connectivity index (χ3v) is 5.57. The quantitative estimate of drug-likeness (QED) is 0.132. The van der Waals surface area contributed by atoms with Crippen molar-refractivity contribution in [2.75, 3.05) is 6.61 Å². The number of ether oxygens (including phenoxy) is 1. The van der Waals surface area contributed by atoms with Crippen LogP contribution in [0.25, 0.3) is 16.7 Å². The summed E-state index contributed by atoms with van der Waals surface area (Å²) in [5.74, 6) is -0.573. The Hall–Kier alpha value is -4.69. The monoisotopic (exact) mass is 516 g/mol. The van der Waals surface area contributed by atoms with E-state index in [0.717, 1.165) is 6.08 Å². The molecule has 1 amide bonds. The molecular weight excluding hydrogens is 488 g/mol. The van der Waals surface area contributed by atoms with Crippen LogP contribution in [0.15, 0.2) is 76.3 Å². The van der Waals surface area contributed by atoms with Gasteiger partial charge in [0, 0.05) is 37.4 Å². The first-order chi connectivity index (χ1) is 18.2. The molecule has 3 aromatic rings. The molecule has 38 heavy (non-hydrogen) atoms. The van der Waals surface area contributed by atoms with Gasteiger partial charge in [0.25, 0.3) is 17.2 Å². The zero-order chi connectivity index (χ0) is 27.8. The molecule has 0 spiro atoms. The van der Waals surface area contributed by atoms with Crippen molar-refractivity contribution in [3.63, 3.8) is 0 Å². The molecule has 11 nitrogen and oxygen atoms in total. The van der Waals surface area contributed by atoms with Gasteiger partial charge < -0.3 is 9.30 Å². The van der Waals surface area contributed by atoms with Crippen molar-refractivity contribution in [1.82, 2.24) is 14.0 Å². The van der Waals surface area contributed by atoms with Gasteiger partial charge in [-0.1, -0.05) is 24.8 Å². The summed E-state index contributed by atoms with van der Waals surface area (Å²) in [6, 6.07) is 8.59. The molecular formula is C27H28N6O5. The number of pyridine rings is 2. The lowest BCUT2D eigenvalue weighted by Crippen LogP contribution is -2.30. The molecule has 0 saturated carbocycles. The van der Waals surface area contributed by atoms with Gasteiger partial charge in [-0.3, -0.25) is 24.1 Å². The minimum absolute atomic E-state index is 0.0286. The Morgan fingerprint density at radius 1 is 1.39 bits per heavy atom. The number of fused-ring (bicyclic) bond motifs is 2. The molecule has 0 aliphatic heterocycles. The number of nitriles is 1. The van der Waals surface area contributed by atoms with Gasteiger partial charge in [0.15, 0.2) is 5.49 Å². The first-order valence-corrected chi connectivity index (χ1v) is 12.0. The van der Waals surface area contributed by atoms with E-state index in [1.165, 1.54) is 29.5 Å². The zero-order valence-corrected chi connectivity index (χ0v) is 21.5. The van der Waals surface area contributed by atoms with E-state index in [0.29, 0.717) is 36.4 Å². The van der Waals surface area contributed by atoms with Crippen LogP contribution in [0.1, 0.15) is 39.2 Å². The molecule has 0 bridgehead atoms. The van der Waals surface area contributed by atoms with Gasteiger partial charge in [0.1, 0.15) is 17.4 Å². The Kier molecular flexibility index (Phi) is 9.18. The van der Waals surface area contributed by atoms with Crippen molar-refractivity contribution >= 4 is 22.6 Å². The van der Waals surface area contributed by atoms with E-state index in [9.17, 15) is 25.0 Å². The van der Waals surface area contributed by atoms with Crippen molar-refractivity contribution in [2.24, 2.45) is 4.99 Å². The highest BCUT2D eigenvalue weighted by atomic mass is 16.6. The largest absolute Gasteiger partial charge is 0.379 e. The van der Waals surface area contributed by atoms with Gasteiger partial charge in [0.2, 0.25) is 0 Å². The van der Waals surface area contributed by atoms with Gasteiger partial charge in [0.05, 0.1) is 22.0 Å². The number of hydrogen-bond acceptors (Lipinski definition) is 7. The molecule has 0 aromatic carbocycles. The highest BCUT2D eigenvalue weighted by Crippen LogP contribution is 2.12. The number of rotatable bonds is 10. The maximum atomic E-state index is 13.2. The summed E-state index contributed by atoms with van der Waals surface area (Å²) >= 11 is 0. The minimum atomic E-state index is -0.573. The van der Waals surface area contributed by atoms with E-state index in [4.69, 9.17) is 4.74 Å². The number of nitro groups is 1. The average Bonchev–Trinajstić information content (AvgIpc) is 2.87. The number of aryl methyl sites for hydroxylation is 1. The van der Waals surface area contributed by atoms with E-state index in [1.807, 2.05) is 19.9 Å². The maximum absolute atomic E-state index is 13.2. The molecule has 3 heterocycles. The Labute approximate surface area is 218 Å². The third kappa shape index (κ3) is 6.35. The number of amides is 1. The molecule has 0 saturated heterocycles. The van der Waals surface area contributed by atoms with Crippen molar-refractivity contribution in [3.05, 3.63) is 98.1 Å². The number of hydrogen-bond donors (Lipinski definition) is 0. The average molecular weight is 517 g/mol. The van der Waals surface area contributed by atoms with Crippen molar-refractivity contribution in [1.29, 1.82) is 5.26 Å². The lowest BCUT2D eigenvalue weighted by Gasteiger charge is -2.14. The van der Waals surface area contributed by atoms with E-state index in [-0.39, 0.29) is 40.2 Å². The molecule has 0 radical (unpaired) electrons. The summed E-state index contributed by atoms with van der Waals surface area (Å²) in [5.41, 5.74) is 0.657. The summed E-state index contributed by atoms with van der Waals surface area (Å²) in [7, 11) is 0. The molecule has 0 atom stereocenters. The smallest absolute Gasteiger partial charge is 0.271 e. The summed E-state index contributed by atoms with van der Waals surface area (Å²) in [6.45, 7) is 9.52. The fourth-order valence-corrected chi connectivity index (χ4v) is 3.80. The molecule has 196 valence electrons. The Morgan fingerprint density at radius 2 is 2.16 bits per heavy atom. The van der Waals surface area contributed by atoms with Gasteiger partial charge in [-0.25, -0.2) is 4.98 Å². The molecule has 11 heteroatoms. The topological polar surface area (TPSA) is 145 Å². The standard InChI is InChI=1S/C27H28N6O5/c1-5-22(33(36)37)19(4)10-8-12-24(34)30-25-20(17-28)16-21-26(32(25)14-9-15-38-18(2)3)29-23-11-6-7-13-31(23)27(21)35/h5-8,10-11,13,16,18H,1,9,12,14-15H2,2-4H3/b10-8-,22-19+,30-25?. The second-order valence-electron chi connectivity index (χ2n) is 8.64. The molecule has 3 aromatic heterocycles. The van der Waals surface area contributed by atoms with Crippen LogP contribution < -0.4 is 11.0 Å². The number of aromatic nitrogens is 3. The predicted molar refractivity (Wildman–Crippen MR) is 142 cm³/mol.